The SMILES string of the molecule is CC1(C)CCC(C)(C)c2cc(-n3c4ccccc4c4ccc(N(c5ccc(C6CCCCC6)cc5)c5ccc6c(c5)C(C)(C)c5ccccc5-6)cc43)ccc21. The molecule has 0 saturated heterocycles. The number of hydrogen-bond donors (Lipinski definition) is 0. The molecule has 1 heterocycles. The van der Waals surface area contributed by atoms with Crippen molar-refractivity contribution in [3.8, 4) is 16.8 Å². The fourth-order valence-corrected chi connectivity index (χ4v) is 10.7. The lowest BCUT2D eigenvalue weighted by molar-refractivity contribution is 0.332. The summed E-state index contributed by atoms with van der Waals surface area (Å²) in [7, 11) is 0. The Hall–Kier alpha value is -5.08. The number of aromatic nitrogens is 1. The first-order chi connectivity index (χ1) is 26.5. The van der Waals surface area contributed by atoms with Crippen LogP contribution in [0.15, 0.2) is 127 Å². The van der Waals surface area contributed by atoms with E-state index in [0.717, 1.165) is 0 Å². The Bertz CT molecular complexity index is 2610. The zero-order valence-corrected chi connectivity index (χ0v) is 33.5. The van der Waals surface area contributed by atoms with Gasteiger partial charge in [0.25, 0.3) is 0 Å². The third-order valence-electron chi connectivity index (χ3n) is 14.1. The van der Waals surface area contributed by atoms with Crippen molar-refractivity contribution in [3.63, 3.8) is 0 Å². The third kappa shape index (κ3) is 5.42. The quantitative estimate of drug-likeness (QED) is 0.172. The third-order valence-corrected chi connectivity index (χ3v) is 14.1. The molecule has 2 nitrogen and oxygen atoms in total. The Morgan fingerprint density at radius 1 is 0.491 bits per heavy atom. The highest BCUT2D eigenvalue weighted by atomic mass is 15.1. The minimum Gasteiger partial charge on any atom is -0.310 e. The Kier molecular flexibility index (Phi) is 7.80. The lowest BCUT2D eigenvalue weighted by Crippen LogP contribution is -2.33. The van der Waals surface area contributed by atoms with Gasteiger partial charge in [0.15, 0.2) is 0 Å². The zero-order chi connectivity index (χ0) is 37.7. The Morgan fingerprint density at radius 2 is 1.13 bits per heavy atom. The van der Waals surface area contributed by atoms with Crippen molar-refractivity contribution in [2.45, 2.75) is 109 Å². The molecule has 55 heavy (non-hydrogen) atoms. The standard InChI is InChI=1S/C53H54N2/c1-51(2)30-31-52(3,4)48-33-39(26-29-46(48)51)55-49-19-13-11-17-43(49)44-28-25-40(34-50(44)55)54(37-22-20-36(21-23-37)35-14-8-7-9-15-35)38-24-27-42-41-16-10-12-18-45(41)53(5,6)47(42)32-38/h10-13,16-29,32-35H,7-9,14-15,30-31H2,1-6H3. The van der Waals surface area contributed by atoms with E-state index in [4.69, 9.17) is 0 Å². The van der Waals surface area contributed by atoms with Gasteiger partial charge in [-0.2, -0.15) is 0 Å². The van der Waals surface area contributed by atoms with Crippen LogP contribution in [0.2, 0.25) is 0 Å². The summed E-state index contributed by atoms with van der Waals surface area (Å²) in [5, 5.41) is 2.58. The molecule has 10 rings (SSSR count). The van der Waals surface area contributed by atoms with Gasteiger partial charge in [-0.05, 0) is 136 Å². The molecular formula is C53H54N2. The molecule has 0 atom stereocenters. The van der Waals surface area contributed by atoms with Crippen LogP contribution in [0.25, 0.3) is 38.6 Å². The first-order valence-corrected chi connectivity index (χ1v) is 20.8. The van der Waals surface area contributed by atoms with Crippen molar-refractivity contribution in [2.24, 2.45) is 0 Å². The molecule has 3 aliphatic rings. The van der Waals surface area contributed by atoms with E-state index < -0.39 is 0 Å². The van der Waals surface area contributed by atoms with Crippen LogP contribution in [-0.4, -0.2) is 4.57 Å². The van der Waals surface area contributed by atoms with Gasteiger partial charge in [0.1, 0.15) is 0 Å². The lowest BCUT2D eigenvalue weighted by atomic mass is 9.63. The Balaban J connectivity index is 1.17. The van der Waals surface area contributed by atoms with Gasteiger partial charge in [0.05, 0.1) is 11.0 Å². The maximum atomic E-state index is 2.53. The van der Waals surface area contributed by atoms with Crippen LogP contribution in [0.4, 0.5) is 17.1 Å². The fraction of sp³-hybridized carbons (Fsp3) is 0.321. The van der Waals surface area contributed by atoms with E-state index in [-0.39, 0.29) is 16.2 Å². The topological polar surface area (TPSA) is 8.17 Å². The molecule has 7 aromatic rings. The van der Waals surface area contributed by atoms with Crippen LogP contribution in [-0.2, 0) is 16.2 Å². The Labute approximate surface area is 327 Å². The first-order valence-electron chi connectivity index (χ1n) is 20.8. The molecule has 6 aromatic carbocycles. The van der Waals surface area contributed by atoms with E-state index in [2.05, 4.69) is 178 Å². The zero-order valence-electron chi connectivity index (χ0n) is 33.5. The van der Waals surface area contributed by atoms with Crippen molar-refractivity contribution in [1.29, 1.82) is 0 Å². The van der Waals surface area contributed by atoms with Gasteiger partial charge < -0.3 is 9.47 Å². The molecule has 0 bridgehead atoms. The molecule has 0 spiro atoms. The average Bonchev–Trinajstić information content (AvgIpc) is 3.65. The highest BCUT2D eigenvalue weighted by molar-refractivity contribution is 6.10. The number of benzene rings is 6. The van der Waals surface area contributed by atoms with Crippen LogP contribution < -0.4 is 4.90 Å². The molecule has 3 aliphatic carbocycles. The van der Waals surface area contributed by atoms with Gasteiger partial charge in [-0.25, -0.2) is 0 Å². The lowest BCUT2D eigenvalue weighted by Gasteiger charge is -2.42. The summed E-state index contributed by atoms with van der Waals surface area (Å²) in [5.74, 6) is 0.676. The highest BCUT2D eigenvalue weighted by Gasteiger charge is 2.38. The molecule has 276 valence electrons. The molecule has 0 unspecified atom stereocenters. The maximum Gasteiger partial charge on any atom is 0.0561 e. The number of anilines is 3. The van der Waals surface area contributed by atoms with Crippen molar-refractivity contribution in [1.82, 2.24) is 4.57 Å². The largest absolute Gasteiger partial charge is 0.310 e. The summed E-state index contributed by atoms with van der Waals surface area (Å²) >= 11 is 0. The molecular weight excluding hydrogens is 665 g/mol. The van der Waals surface area contributed by atoms with E-state index in [9.17, 15) is 0 Å². The first kappa shape index (κ1) is 34.4. The second-order valence-corrected chi connectivity index (χ2v) is 18.7. The smallest absolute Gasteiger partial charge is 0.0561 e. The molecule has 1 fully saturated rings. The van der Waals surface area contributed by atoms with Gasteiger partial charge in [0.2, 0.25) is 0 Å². The number of nitrogens with zero attached hydrogens (tertiary/aromatic N) is 2. The van der Waals surface area contributed by atoms with Crippen molar-refractivity contribution >= 4 is 38.9 Å². The van der Waals surface area contributed by atoms with Crippen molar-refractivity contribution < 1.29 is 0 Å². The van der Waals surface area contributed by atoms with Crippen LogP contribution in [0.3, 0.4) is 0 Å². The number of fused-ring (bicyclic) bond motifs is 7. The fourth-order valence-electron chi connectivity index (χ4n) is 10.7. The molecule has 1 saturated carbocycles. The monoisotopic (exact) mass is 718 g/mol. The number of hydrogen-bond acceptors (Lipinski definition) is 1. The molecule has 1 aromatic heterocycles. The highest BCUT2D eigenvalue weighted by Crippen LogP contribution is 2.51. The number of rotatable bonds is 5. The van der Waals surface area contributed by atoms with E-state index in [1.165, 1.54) is 128 Å². The van der Waals surface area contributed by atoms with Gasteiger partial charge in [0, 0.05) is 38.9 Å². The van der Waals surface area contributed by atoms with E-state index >= 15 is 0 Å². The summed E-state index contributed by atoms with van der Waals surface area (Å²) in [6.45, 7) is 14.5. The van der Waals surface area contributed by atoms with Gasteiger partial charge in [-0.3, -0.25) is 0 Å². The normalized spacial score (nSPS) is 18.2. The van der Waals surface area contributed by atoms with Gasteiger partial charge in [-0.15, -0.1) is 0 Å². The second kappa shape index (κ2) is 12.5. The molecule has 0 amide bonds. The molecule has 0 N–H and O–H groups in total. The molecule has 0 aliphatic heterocycles. The van der Waals surface area contributed by atoms with E-state index in [1.807, 2.05) is 0 Å². The summed E-state index contributed by atoms with van der Waals surface area (Å²) < 4.78 is 2.53. The summed E-state index contributed by atoms with van der Waals surface area (Å²) in [4.78, 5) is 2.50. The van der Waals surface area contributed by atoms with E-state index in [1.54, 1.807) is 0 Å². The summed E-state index contributed by atoms with van der Waals surface area (Å²) in [6.07, 6.45) is 9.10. The minimum absolute atomic E-state index is 0.0797. The second-order valence-electron chi connectivity index (χ2n) is 18.7. The van der Waals surface area contributed by atoms with Gasteiger partial charge in [-0.1, -0.05) is 134 Å². The summed E-state index contributed by atoms with van der Waals surface area (Å²) in [5.41, 5.74) is 17.5. The van der Waals surface area contributed by atoms with E-state index in [0.29, 0.717) is 5.92 Å². The van der Waals surface area contributed by atoms with Gasteiger partial charge >= 0.3 is 0 Å². The van der Waals surface area contributed by atoms with Crippen molar-refractivity contribution in [3.05, 3.63) is 155 Å². The predicted octanol–water partition coefficient (Wildman–Crippen LogP) is 15.0. The average molecular weight is 719 g/mol. The summed E-state index contributed by atoms with van der Waals surface area (Å²) in [6, 6.07) is 49.2. The van der Waals surface area contributed by atoms with Crippen LogP contribution in [0.5, 0.6) is 0 Å². The molecule has 2 heteroatoms. The van der Waals surface area contributed by atoms with Crippen LogP contribution in [0, 0.1) is 0 Å². The maximum absolute atomic E-state index is 2.53. The van der Waals surface area contributed by atoms with Crippen LogP contribution in [0.1, 0.15) is 120 Å². The van der Waals surface area contributed by atoms with Crippen LogP contribution >= 0.6 is 0 Å². The number of para-hydroxylation sites is 1. The predicted molar refractivity (Wildman–Crippen MR) is 234 cm³/mol. The Morgan fingerprint density at radius 3 is 1.93 bits per heavy atom. The minimum atomic E-state index is -0.0797. The van der Waals surface area contributed by atoms with Crippen molar-refractivity contribution in [2.75, 3.05) is 4.90 Å². The molecule has 0 radical (unpaired) electrons.